The summed E-state index contributed by atoms with van der Waals surface area (Å²) in [5.74, 6) is -0.855. The number of hydrogen-bond donors (Lipinski definition) is 2. The Morgan fingerprint density at radius 3 is 2.42 bits per heavy atom. The first-order valence-electron chi connectivity index (χ1n) is 8.11. The minimum absolute atomic E-state index is 0.135. The van der Waals surface area contributed by atoms with Crippen molar-refractivity contribution in [3.8, 4) is 0 Å². The largest absolute Gasteiger partial charge is 0.348 e. The van der Waals surface area contributed by atoms with Crippen molar-refractivity contribution in [1.82, 2.24) is 10.6 Å². The zero-order valence-corrected chi connectivity index (χ0v) is 15.8. The van der Waals surface area contributed by atoms with Crippen LogP contribution in [0, 0.1) is 24.0 Å². The molecule has 0 aliphatic heterocycles. The van der Waals surface area contributed by atoms with Crippen LogP contribution in [0.15, 0.2) is 30.3 Å². The first-order valence-corrected chi connectivity index (χ1v) is 8.93. The predicted octanol–water partition coefficient (Wildman–Crippen LogP) is 3.27. The Kier molecular flexibility index (Phi) is 6.10. The normalized spacial score (nSPS) is 12.9. The van der Waals surface area contributed by atoms with Crippen molar-refractivity contribution in [3.05, 3.63) is 61.3 Å². The van der Waals surface area contributed by atoms with Crippen LogP contribution in [-0.4, -0.2) is 22.8 Å². The molecule has 8 heteroatoms. The topological polar surface area (TPSA) is 101 Å². The van der Waals surface area contributed by atoms with Gasteiger partial charge in [0, 0.05) is 27.5 Å². The van der Waals surface area contributed by atoms with Crippen LogP contribution in [0.5, 0.6) is 0 Å². The fraction of sp³-hybridized carbons (Fsp3) is 0.333. The lowest BCUT2D eigenvalue weighted by Crippen LogP contribution is -2.45. The van der Waals surface area contributed by atoms with E-state index < -0.39 is 16.9 Å². The van der Waals surface area contributed by atoms with Gasteiger partial charge in [-0.2, -0.15) is 0 Å². The van der Waals surface area contributed by atoms with Crippen LogP contribution in [0.4, 0.5) is 5.69 Å². The second-order valence-electron chi connectivity index (χ2n) is 6.10. The molecular weight excluding hydrogens is 354 g/mol. The molecule has 26 heavy (non-hydrogen) atoms. The number of carbonyl (C=O) groups excluding carboxylic acids is 2. The van der Waals surface area contributed by atoms with E-state index in [0.717, 1.165) is 10.4 Å². The van der Waals surface area contributed by atoms with E-state index in [1.807, 2.05) is 26.8 Å². The molecule has 7 nitrogen and oxygen atoms in total. The Morgan fingerprint density at radius 2 is 1.85 bits per heavy atom. The summed E-state index contributed by atoms with van der Waals surface area (Å²) in [6.45, 7) is 7.48. The highest BCUT2D eigenvalue weighted by atomic mass is 32.1. The van der Waals surface area contributed by atoms with E-state index in [0.29, 0.717) is 0 Å². The molecule has 0 saturated carbocycles. The van der Waals surface area contributed by atoms with E-state index in [1.165, 1.54) is 29.1 Å². The van der Waals surface area contributed by atoms with Crippen LogP contribution in [-0.2, 0) is 4.79 Å². The summed E-state index contributed by atoms with van der Waals surface area (Å²) in [6.07, 6.45) is 0. The molecule has 2 rings (SSSR count). The number of benzene rings is 1. The first-order chi connectivity index (χ1) is 12.2. The number of rotatable bonds is 6. The molecule has 2 N–H and O–H groups in total. The standard InChI is InChI=1S/C18H21N3O4S/c1-10-8-16(13(4)26-10)11(2)19-17(22)12(3)20-18(23)14-6-5-7-15(9-14)21(24)25/h5-9,11-12H,1-4H3,(H,19,22)(H,20,23)/t11-,12-/m1/s1. The molecule has 2 atom stereocenters. The molecular formula is C18H21N3O4S. The lowest BCUT2D eigenvalue weighted by Gasteiger charge is -2.18. The molecule has 0 bridgehead atoms. The lowest BCUT2D eigenvalue weighted by molar-refractivity contribution is -0.384. The van der Waals surface area contributed by atoms with Gasteiger partial charge in [-0.25, -0.2) is 0 Å². The van der Waals surface area contributed by atoms with Gasteiger partial charge in [-0.05, 0) is 45.4 Å². The van der Waals surface area contributed by atoms with Gasteiger partial charge in [0.25, 0.3) is 11.6 Å². The van der Waals surface area contributed by atoms with Crippen LogP contribution in [0.1, 0.15) is 45.6 Å². The molecule has 2 amide bonds. The van der Waals surface area contributed by atoms with E-state index in [2.05, 4.69) is 10.6 Å². The predicted molar refractivity (Wildman–Crippen MR) is 100 cm³/mol. The number of hydrogen-bond acceptors (Lipinski definition) is 5. The summed E-state index contributed by atoms with van der Waals surface area (Å²) in [5, 5.41) is 16.3. The zero-order chi connectivity index (χ0) is 19.4. The van der Waals surface area contributed by atoms with Gasteiger partial charge in [0.2, 0.25) is 5.91 Å². The summed E-state index contributed by atoms with van der Waals surface area (Å²) in [6, 6.07) is 6.47. The van der Waals surface area contributed by atoms with Gasteiger partial charge in [-0.1, -0.05) is 6.07 Å². The van der Waals surface area contributed by atoms with Crippen molar-refractivity contribution in [1.29, 1.82) is 0 Å². The second kappa shape index (κ2) is 8.09. The highest BCUT2D eigenvalue weighted by molar-refractivity contribution is 7.12. The molecule has 0 unspecified atom stereocenters. The van der Waals surface area contributed by atoms with Gasteiger partial charge in [-0.15, -0.1) is 11.3 Å². The fourth-order valence-electron chi connectivity index (χ4n) is 2.60. The van der Waals surface area contributed by atoms with Gasteiger partial charge in [-0.3, -0.25) is 19.7 Å². The average molecular weight is 375 g/mol. The number of nitrogens with zero attached hydrogens (tertiary/aromatic N) is 1. The van der Waals surface area contributed by atoms with E-state index in [9.17, 15) is 19.7 Å². The molecule has 0 aliphatic rings. The Hall–Kier alpha value is -2.74. The monoisotopic (exact) mass is 375 g/mol. The average Bonchev–Trinajstić information content (AvgIpc) is 2.93. The van der Waals surface area contributed by atoms with E-state index >= 15 is 0 Å². The lowest BCUT2D eigenvalue weighted by atomic mass is 10.1. The number of nitro groups is 1. The van der Waals surface area contributed by atoms with Crippen molar-refractivity contribution >= 4 is 28.8 Å². The van der Waals surface area contributed by atoms with E-state index in [4.69, 9.17) is 0 Å². The highest BCUT2D eigenvalue weighted by Gasteiger charge is 2.21. The van der Waals surface area contributed by atoms with Crippen LogP contribution in [0.2, 0.25) is 0 Å². The molecule has 1 aromatic carbocycles. The minimum atomic E-state index is -0.774. The smallest absolute Gasteiger partial charge is 0.270 e. The molecule has 2 aromatic rings. The summed E-state index contributed by atoms with van der Waals surface area (Å²) in [4.78, 5) is 37.1. The molecule has 138 valence electrons. The number of amides is 2. The third-order valence-electron chi connectivity index (χ3n) is 3.96. The molecule has 0 spiro atoms. The van der Waals surface area contributed by atoms with Crippen LogP contribution in [0.3, 0.4) is 0 Å². The number of nitro benzene ring substituents is 1. The summed E-state index contributed by atoms with van der Waals surface area (Å²) < 4.78 is 0. The molecule has 1 aromatic heterocycles. The van der Waals surface area contributed by atoms with E-state index in [-0.39, 0.29) is 23.2 Å². The fourth-order valence-corrected chi connectivity index (χ4v) is 3.63. The van der Waals surface area contributed by atoms with Crippen molar-refractivity contribution in [2.45, 2.75) is 39.8 Å². The zero-order valence-electron chi connectivity index (χ0n) is 15.0. The summed E-state index contributed by atoms with van der Waals surface area (Å²) in [5.41, 5.74) is 1.01. The van der Waals surface area contributed by atoms with Gasteiger partial charge in [0.15, 0.2) is 0 Å². The SMILES string of the molecule is Cc1cc([C@@H](C)NC(=O)[C@@H](C)NC(=O)c2cccc([N+](=O)[O-])c2)c(C)s1. The number of nitrogens with one attached hydrogen (secondary N) is 2. The molecule has 0 saturated heterocycles. The van der Waals surface area contributed by atoms with Crippen LogP contribution in [0.25, 0.3) is 0 Å². The van der Waals surface area contributed by atoms with Crippen molar-refractivity contribution < 1.29 is 14.5 Å². The quantitative estimate of drug-likeness (QED) is 0.597. The highest BCUT2D eigenvalue weighted by Crippen LogP contribution is 2.26. The Morgan fingerprint density at radius 1 is 1.15 bits per heavy atom. The van der Waals surface area contributed by atoms with Gasteiger partial charge < -0.3 is 10.6 Å². The maximum absolute atomic E-state index is 12.4. The van der Waals surface area contributed by atoms with Gasteiger partial charge in [0.05, 0.1) is 11.0 Å². The van der Waals surface area contributed by atoms with Gasteiger partial charge >= 0.3 is 0 Å². The number of aryl methyl sites for hydroxylation is 2. The molecule has 0 fully saturated rings. The maximum atomic E-state index is 12.4. The van der Waals surface area contributed by atoms with Crippen molar-refractivity contribution in [2.24, 2.45) is 0 Å². The summed E-state index contributed by atoms with van der Waals surface area (Å²) in [7, 11) is 0. The first kappa shape index (κ1) is 19.6. The Balaban J connectivity index is 2.00. The molecule has 0 radical (unpaired) electrons. The minimum Gasteiger partial charge on any atom is -0.348 e. The van der Waals surface area contributed by atoms with Crippen LogP contribution >= 0.6 is 11.3 Å². The van der Waals surface area contributed by atoms with Gasteiger partial charge in [0.1, 0.15) is 6.04 Å². The number of carbonyl (C=O) groups is 2. The molecule has 1 heterocycles. The van der Waals surface area contributed by atoms with Crippen LogP contribution < -0.4 is 10.6 Å². The maximum Gasteiger partial charge on any atom is 0.270 e. The third kappa shape index (κ3) is 4.66. The Labute approximate surface area is 155 Å². The molecule has 0 aliphatic carbocycles. The number of non-ortho nitro benzene ring substituents is 1. The van der Waals surface area contributed by atoms with Crippen molar-refractivity contribution in [2.75, 3.05) is 0 Å². The summed E-state index contributed by atoms with van der Waals surface area (Å²) >= 11 is 1.67. The Bertz CT molecular complexity index is 847. The van der Waals surface area contributed by atoms with Crippen molar-refractivity contribution in [3.63, 3.8) is 0 Å². The number of thiophene rings is 1. The second-order valence-corrected chi connectivity index (χ2v) is 7.56. The third-order valence-corrected chi connectivity index (χ3v) is 4.95. The van der Waals surface area contributed by atoms with E-state index in [1.54, 1.807) is 18.3 Å².